The summed E-state index contributed by atoms with van der Waals surface area (Å²) >= 11 is 12.1. The number of hydrogen-bond donors (Lipinski definition) is 2. The summed E-state index contributed by atoms with van der Waals surface area (Å²) in [5.41, 5.74) is 8.22. The molecule has 2 aromatic carbocycles. The van der Waals surface area contributed by atoms with E-state index in [1.165, 1.54) is 0 Å². The molecule has 32 heavy (non-hydrogen) atoms. The molecule has 5 nitrogen and oxygen atoms in total. The van der Waals surface area contributed by atoms with E-state index in [0.717, 1.165) is 24.8 Å². The van der Waals surface area contributed by atoms with Crippen LogP contribution in [0.2, 0.25) is 10.0 Å². The molecule has 0 heterocycles. The van der Waals surface area contributed by atoms with Crippen molar-refractivity contribution >= 4 is 35.1 Å². The minimum absolute atomic E-state index is 0.0927. The van der Waals surface area contributed by atoms with E-state index in [2.05, 4.69) is 26.1 Å². The van der Waals surface area contributed by atoms with E-state index in [-0.39, 0.29) is 23.3 Å². The Bertz CT molecular complexity index is 904. The molecule has 2 rings (SSSR count). The van der Waals surface area contributed by atoms with Crippen molar-refractivity contribution < 1.29 is 14.3 Å². The van der Waals surface area contributed by atoms with Gasteiger partial charge >= 0.3 is 5.97 Å². The maximum atomic E-state index is 13.0. The Morgan fingerprint density at radius 2 is 1.62 bits per heavy atom. The summed E-state index contributed by atoms with van der Waals surface area (Å²) in [6.45, 7) is 8.78. The van der Waals surface area contributed by atoms with Crippen LogP contribution in [0.3, 0.4) is 0 Å². The molecule has 0 aliphatic rings. The fraction of sp³-hybridized carbons (Fsp3) is 0.440. The molecule has 2 atom stereocenters. The van der Waals surface area contributed by atoms with E-state index in [1.54, 1.807) is 30.3 Å². The highest BCUT2D eigenvalue weighted by atomic mass is 35.5. The molecule has 0 radical (unpaired) electrons. The summed E-state index contributed by atoms with van der Waals surface area (Å²) in [5.74, 6) is -0.679. The van der Waals surface area contributed by atoms with Crippen molar-refractivity contribution in [1.82, 2.24) is 5.32 Å². The van der Waals surface area contributed by atoms with Gasteiger partial charge in [-0.1, -0.05) is 63.0 Å². The highest BCUT2D eigenvalue weighted by Gasteiger charge is 2.23. The van der Waals surface area contributed by atoms with Crippen molar-refractivity contribution in [3.63, 3.8) is 0 Å². The molecule has 1 unspecified atom stereocenters. The Balaban J connectivity index is 2.20. The van der Waals surface area contributed by atoms with E-state index in [4.69, 9.17) is 33.7 Å². The quantitative estimate of drug-likeness (QED) is 0.417. The van der Waals surface area contributed by atoms with Crippen molar-refractivity contribution in [3.05, 3.63) is 69.2 Å². The summed E-state index contributed by atoms with van der Waals surface area (Å²) in [4.78, 5) is 25.1. The number of rotatable bonds is 9. The van der Waals surface area contributed by atoms with Crippen LogP contribution in [0.5, 0.6) is 0 Å². The first kappa shape index (κ1) is 26.2. The number of carbonyl (C=O) groups excluding carboxylic acids is 2. The van der Waals surface area contributed by atoms with Crippen LogP contribution in [0, 0.1) is 5.41 Å². The van der Waals surface area contributed by atoms with Crippen LogP contribution >= 0.6 is 23.2 Å². The second kappa shape index (κ2) is 11.7. The summed E-state index contributed by atoms with van der Waals surface area (Å²) in [6, 6.07) is 10.8. The predicted molar refractivity (Wildman–Crippen MR) is 130 cm³/mol. The summed E-state index contributed by atoms with van der Waals surface area (Å²) in [6.07, 6.45) is 2.37. The predicted octanol–water partition coefficient (Wildman–Crippen LogP) is 6.24. The first-order chi connectivity index (χ1) is 15.0. The third-order valence-corrected chi connectivity index (χ3v) is 5.45. The lowest BCUT2D eigenvalue weighted by Crippen LogP contribution is -2.37. The van der Waals surface area contributed by atoms with Gasteiger partial charge in [0.2, 0.25) is 5.91 Å². The fourth-order valence-corrected chi connectivity index (χ4v) is 3.74. The monoisotopic (exact) mass is 478 g/mol. The average molecular weight is 479 g/mol. The Kier molecular flexibility index (Phi) is 9.56. The highest BCUT2D eigenvalue weighted by Crippen LogP contribution is 2.29. The van der Waals surface area contributed by atoms with Crippen molar-refractivity contribution in [2.24, 2.45) is 11.1 Å². The van der Waals surface area contributed by atoms with Gasteiger partial charge in [-0.15, -0.1) is 0 Å². The van der Waals surface area contributed by atoms with Gasteiger partial charge in [0.1, 0.15) is 6.04 Å². The zero-order valence-corrected chi connectivity index (χ0v) is 20.6. The van der Waals surface area contributed by atoms with Crippen LogP contribution < -0.4 is 11.1 Å². The molecule has 7 heteroatoms. The minimum Gasteiger partial charge on any atom is -0.462 e. The van der Waals surface area contributed by atoms with Crippen LogP contribution in [-0.2, 0) is 9.53 Å². The molecular formula is C25H32Cl2N2O3. The lowest BCUT2D eigenvalue weighted by atomic mass is 9.87. The van der Waals surface area contributed by atoms with Gasteiger partial charge in [0.15, 0.2) is 0 Å². The first-order valence-electron chi connectivity index (χ1n) is 10.8. The van der Waals surface area contributed by atoms with Crippen LogP contribution in [0.25, 0.3) is 0 Å². The van der Waals surface area contributed by atoms with E-state index in [1.807, 2.05) is 19.1 Å². The maximum Gasteiger partial charge on any atom is 0.338 e. The molecule has 0 spiro atoms. The van der Waals surface area contributed by atoms with Crippen LogP contribution in [0.1, 0.15) is 80.5 Å². The molecule has 2 aromatic rings. The molecule has 0 aliphatic carbocycles. The number of halogens is 2. The van der Waals surface area contributed by atoms with Crippen LogP contribution in [-0.4, -0.2) is 18.5 Å². The molecule has 0 saturated carbocycles. The van der Waals surface area contributed by atoms with Gasteiger partial charge in [0.25, 0.3) is 0 Å². The van der Waals surface area contributed by atoms with E-state index in [9.17, 15) is 9.59 Å². The van der Waals surface area contributed by atoms with Crippen LogP contribution in [0.15, 0.2) is 42.5 Å². The second-order valence-electron chi connectivity index (χ2n) is 9.10. The maximum absolute atomic E-state index is 13.0. The molecule has 3 N–H and O–H groups in total. The Labute approximate surface area is 200 Å². The molecule has 1 amide bonds. The fourth-order valence-electron chi connectivity index (χ4n) is 3.20. The Morgan fingerprint density at radius 1 is 1.03 bits per heavy atom. The van der Waals surface area contributed by atoms with Gasteiger partial charge in [-0.3, -0.25) is 4.79 Å². The number of nitrogens with one attached hydrogen (secondary N) is 1. The Morgan fingerprint density at radius 3 is 2.16 bits per heavy atom. The van der Waals surface area contributed by atoms with Gasteiger partial charge in [0.05, 0.1) is 18.2 Å². The summed E-state index contributed by atoms with van der Waals surface area (Å²) in [5, 5.41) is 3.90. The van der Waals surface area contributed by atoms with Gasteiger partial charge < -0.3 is 15.8 Å². The zero-order chi connectivity index (χ0) is 23.9. The first-order valence-corrected chi connectivity index (χ1v) is 11.5. The number of esters is 1. The number of carbonyl (C=O) groups is 2. The Hall–Kier alpha value is -2.08. The highest BCUT2D eigenvalue weighted by molar-refractivity contribution is 6.34. The van der Waals surface area contributed by atoms with Gasteiger partial charge in [-0.25, -0.2) is 4.79 Å². The van der Waals surface area contributed by atoms with E-state index < -0.39 is 6.04 Å². The zero-order valence-electron chi connectivity index (χ0n) is 19.1. The number of amides is 1. The van der Waals surface area contributed by atoms with E-state index >= 15 is 0 Å². The SMILES string of the molecule is CCCOC(=O)c1ccc([C@@H](CCC(C)(C)C)NC(=O)C(N)c2cc(Cl)cc(Cl)c2)cc1. The van der Waals surface area contributed by atoms with Gasteiger partial charge in [-0.2, -0.15) is 0 Å². The molecule has 0 bridgehead atoms. The van der Waals surface area contributed by atoms with Crippen molar-refractivity contribution in [2.45, 2.75) is 59.0 Å². The normalized spacial score (nSPS) is 13.3. The standard InChI is InChI=1S/C25H32Cl2N2O3/c1-5-12-32-24(31)17-8-6-16(7-9-17)21(10-11-25(2,3)4)29-23(30)22(28)18-13-19(26)15-20(27)14-18/h6-9,13-15,21-22H,5,10-12,28H2,1-4H3,(H,29,30)/t21-,22?/m1/s1. The molecule has 174 valence electrons. The molecule has 0 aromatic heterocycles. The molecular weight excluding hydrogens is 447 g/mol. The topological polar surface area (TPSA) is 81.4 Å². The minimum atomic E-state index is -0.911. The molecule has 0 aliphatic heterocycles. The smallest absolute Gasteiger partial charge is 0.338 e. The van der Waals surface area contributed by atoms with Gasteiger partial charge in [0, 0.05) is 10.0 Å². The van der Waals surface area contributed by atoms with E-state index in [0.29, 0.717) is 27.8 Å². The lowest BCUT2D eigenvalue weighted by Gasteiger charge is -2.26. The molecule has 0 fully saturated rings. The summed E-state index contributed by atoms with van der Waals surface area (Å²) in [7, 11) is 0. The summed E-state index contributed by atoms with van der Waals surface area (Å²) < 4.78 is 5.19. The lowest BCUT2D eigenvalue weighted by molar-refractivity contribution is -0.123. The third kappa shape index (κ3) is 8.12. The largest absolute Gasteiger partial charge is 0.462 e. The van der Waals surface area contributed by atoms with Crippen molar-refractivity contribution in [3.8, 4) is 0 Å². The third-order valence-electron chi connectivity index (χ3n) is 5.01. The van der Waals surface area contributed by atoms with Gasteiger partial charge in [-0.05, 0) is 66.1 Å². The molecule has 0 saturated heterocycles. The van der Waals surface area contributed by atoms with Crippen molar-refractivity contribution in [1.29, 1.82) is 0 Å². The van der Waals surface area contributed by atoms with Crippen LogP contribution in [0.4, 0.5) is 0 Å². The number of hydrogen-bond acceptors (Lipinski definition) is 4. The average Bonchev–Trinajstić information content (AvgIpc) is 2.73. The number of nitrogens with two attached hydrogens (primary N) is 1. The van der Waals surface area contributed by atoms with Crippen molar-refractivity contribution in [2.75, 3.05) is 6.61 Å². The number of benzene rings is 2. The number of ether oxygens (including phenoxy) is 1. The second-order valence-corrected chi connectivity index (χ2v) is 9.97.